The van der Waals surface area contributed by atoms with Gasteiger partial charge in [-0.25, -0.2) is 4.98 Å². The van der Waals surface area contributed by atoms with Crippen molar-refractivity contribution in [3.8, 4) is 22.8 Å². The number of carboxylic acid groups (broad SMARTS) is 1. The van der Waals surface area contributed by atoms with Crippen LogP contribution in [0.5, 0.6) is 5.75 Å². The summed E-state index contributed by atoms with van der Waals surface area (Å²) >= 11 is 0. The summed E-state index contributed by atoms with van der Waals surface area (Å²) < 4.78 is 7.64. The third kappa shape index (κ3) is 7.51. The van der Waals surface area contributed by atoms with Crippen molar-refractivity contribution in [2.45, 2.75) is 51.4 Å². The van der Waals surface area contributed by atoms with Crippen molar-refractivity contribution in [3.63, 3.8) is 0 Å². The largest absolute Gasteiger partial charge is 0.494 e. The van der Waals surface area contributed by atoms with E-state index in [1.807, 2.05) is 79.0 Å². The molecule has 210 valence electrons. The van der Waals surface area contributed by atoms with Crippen LogP contribution in [0.4, 0.5) is 0 Å². The molecule has 0 aromatic heterocycles. The molecule has 0 bridgehead atoms. The van der Waals surface area contributed by atoms with Crippen LogP contribution in [0.15, 0.2) is 95.9 Å². The second-order valence-electron chi connectivity index (χ2n) is 10.3. The zero-order chi connectivity index (χ0) is 28.4. The van der Waals surface area contributed by atoms with Crippen LogP contribution < -0.4 is 10.3 Å². The summed E-state index contributed by atoms with van der Waals surface area (Å²) in [6, 6.07) is 28.0. The van der Waals surface area contributed by atoms with E-state index in [0.29, 0.717) is 31.0 Å². The minimum Gasteiger partial charge on any atom is -0.494 e. The number of H-pyrrole nitrogens is 1. The lowest BCUT2D eigenvalue weighted by molar-refractivity contribution is -0.137. The first-order valence-electron chi connectivity index (χ1n) is 14.2. The van der Waals surface area contributed by atoms with Gasteiger partial charge in [0.1, 0.15) is 11.4 Å². The van der Waals surface area contributed by atoms with Crippen LogP contribution in [0, 0.1) is 0 Å². The van der Waals surface area contributed by atoms with E-state index in [4.69, 9.17) is 14.8 Å². The molecule has 0 amide bonds. The molecule has 7 nitrogen and oxygen atoms in total. The number of ether oxygens (including phenoxy) is 1. The molecule has 0 saturated carbocycles. The van der Waals surface area contributed by atoms with Gasteiger partial charge < -0.3 is 14.8 Å². The van der Waals surface area contributed by atoms with E-state index < -0.39 is 5.97 Å². The first kappa shape index (κ1) is 27.9. The molecule has 0 saturated heterocycles. The SMILES string of the molecule is O=C(O)CCCCCCCOc1cccc(Cc2nc3c(Cc4ccccc4)[nH]c(-c4ccccc4)cn-3c2=O)c1. The maximum absolute atomic E-state index is 13.6. The number of nitrogens with zero attached hydrogens (tertiary/aromatic N) is 2. The Morgan fingerprint density at radius 3 is 2.32 bits per heavy atom. The Labute approximate surface area is 239 Å². The predicted octanol–water partition coefficient (Wildman–Crippen LogP) is 6.65. The number of carboxylic acids is 1. The van der Waals surface area contributed by atoms with Crippen molar-refractivity contribution in [2.24, 2.45) is 0 Å². The topological polar surface area (TPSA) is 97.2 Å². The van der Waals surface area contributed by atoms with E-state index in [0.717, 1.165) is 65.9 Å². The summed E-state index contributed by atoms with van der Waals surface area (Å²) in [5, 5.41) is 8.72. The Balaban J connectivity index is 1.31. The first-order valence-corrected chi connectivity index (χ1v) is 14.2. The Morgan fingerprint density at radius 1 is 0.829 bits per heavy atom. The molecule has 0 unspecified atom stereocenters. The number of aromatic nitrogens is 3. The Kier molecular flexibility index (Phi) is 9.26. The normalized spacial score (nSPS) is 11.1. The van der Waals surface area contributed by atoms with Crippen LogP contribution in [0.1, 0.15) is 61.0 Å². The van der Waals surface area contributed by atoms with Gasteiger partial charge in [-0.15, -0.1) is 0 Å². The van der Waals surface area contributed by atoms with Crippen molar-refractivity contribution < 1.29 is 14.6 Å². The lowest BCUT2D eigenvalue weighted by Gasteiger charge is -2.13. The number of nitrogens with one attached hydrogen (secondary N) is 1. The van der Waals surface area contributed by atoms with E-state index in [1.54, 1.807) is 4.57 Å². The maximum atomic E-state index is 13.6. The number of aromatic amines is 1. The summed E-state index contributed by atoms with van der Waals surface area (Å²) in [5.41, 5.74) is 5.24. The highest BCUT2D eigenvalue weighted by atomic mass is 16.5. The van der Waals surface area contributed by atoms with Gasteiger partial charge in [0.2, 0.25) is 0 Å². The van der Waals surface area contributed by atoms with Gasteiger partial charge in [0.15, 0.2) is 5.82 Å². The van der Waals surface area contributed by atoms with Gasteiger partial charge in [-0.3, -0.25) is 14.2 Å². The molecule has 5 rings (SSSR count). The third-order valence-corrected chi connectivity index (χ3v) is 7.13. The Morgan fingerprint density at radius 2 is 1.54 bits per heavy atom. The van der Waals surface area contributed by atoms with Crippen LogP contribution >= 0.6 is 0 Å². The average Bonchev–Trinajstić information content (AvgIpc) is 3.30. The second-order valence-corrected chi connectivity index (χ2v) is 10.3. The smallest absolute Gasteiger partial charge is 0.303 e. The molecular formula is C34H35N3O4. The van der Waals surface area contributed by atoms with Crippen LogP contribution in [-0.2, 0) is 17.6 Å². The molecule has 2 aliphatic rings. The number of fused-ring (bicyclic) bond motifs is 1. The number of aliphatic carboxylic acids is 1. The summed E-state index contributed by atoms with van der Waals surface area (Å²) in [6.07, 6.45) is 7.70. The van der Waals surface area contributed by atoms with Crippen LogP contribution in [-0.4, -0.2) is 32.2 Å². The molecule has 2 heterocycles. The molecule has 7 heteroatoms. The monoisotopic (exact) mass is 549 g/mol. The van der Waals surface area contributed by atoms with E-state index in [2.05, 4.69) is 17.1 Å². The fraction of sp³-hybridized carbons (Fsp3) is 0.265. The fourth-order valence-corrected chi connectivity index (χ4v) is 5.02. The standard InChI is InChI=1S/C34H35N3O4/c38-32(39)19-10-2-1-3-11-20-41-28-18-12-15-26(21-28)23-30-34(40)37-24-31(27-16-8-5-9-17-27)35-29(33(37)36-30)22-25-13-6-4-7-14-25/h4-9,12-18,21,24,35H,1-3,10-11,19-20,22-23H2,(H,38,39). The molecule has 3 aromatic carbocycles. The number of rotatable bonds is 14. The number of hydrogen-bond acceptors (Lipinski definition) is 4. The third-order valence-electron chi connectivity index (χ3n) is 7.13. The van der Waals surface area contributed by atoms with Crippen LogP contribution in [0.3, 0.4) is 0 Å². The summed E-state index contributed by atoms with van der Waals surface area (Å²) in [7, 11) is 0. The van der Waals surface area contributed by atoms with Gasteiger partial charge in [0, 0.05) is 25.5 Å². The van der Waals surface area contributed by atoms with Crippen molar-refractivity contribution >= 4 is 5.97 Å². The van der Waals surface area contributed by atoms with Crippen molar-refractivity contribution in [2.75, 3.05) is 6.61 Å². The minimum absolute atomic E-state index is 0.116. The van der Waals surface area contributed by atoms with Crippen LogP contribution in [0.2, 0.25) is 0 Å². The van der Waals surface area contributed by atoms with Gasteiger partial charge in [-0.05, 0) is 41.7 Å². The van der Waals surface area contributed by atoms with Gasteiger partial charge in [-0.2, -0.15) is 0 Å². The zero-order valence-corrected chi connectivity index (χ0v) is 23.1. The highest BCUT2D eigenvalue weighted by Crippen LogP contribution is 2.24. The van der Waals surface area contributed by atoms with E-state index in [1.165, 1.54) is 0 Å². The average molecular weight is 550 g/mol. The second kappa shape index (κ2) is 13.6. The number of carbonyl (C=O) groups is 1. The first-order chi connectivity index (χ1) is 20.1. The number of benzene rings is 3. The van der Waals surface area contributed by atoms with E-state index in [9.17, 15) is 9.59 Å². The molecule has 2 N–H and O–H groups in total. The molecule has 0 fully saturated rings. The molecule has 0 spiro atoms. The molecule has 3 aromatic rings. The van der Waals surface area contributed by atoms with Gasteiger partial charge in [0.25, 0.3) is 5.56 Å². The number of imidazole rings is 1. The van der Waals surface area contributed by atoms with Gasteiger partial charge in [-0.1, -0.05) is 92.1 Å². The van der Waals surface area contributed by atoms with Crippen LogP contribution in [0.25, 0.3) is 17.1 Å². The lowest BCUT2D eigenvalue weighted by Crippen LogP contribution is -2.17. The van der Waals surface area contributed by atoms with Crippen molar-refractivity contribution in [3.05, 3.63) is 124 Å². The van der Waals surface area contributed by atoms with E-state index >= 15 is 0 Å². The van der Waals surface area contributed by atoms with Gasteiger partial charge >= 0.3 is 5.97 Å². The summed E-state index contributed by atoms with van der Waals surface area (Å²) in [5.74, 6) is 0.683. The van der Waals surface area contributed by atoms with E-state index in [-0.39, 0.29) is 12.0 Å². The molecular weight excluding hydrogens is 514 g/mol. The fourth-order valence-electron chi connectivity index (χ4n) is 5.02. The van der Waals surface area contributed by atoms with Crippen molar-refractivity contribution in [1.82, 2.24) is 14.5 Å². The highest BCUT2D eigenvalue weighted by Gasteiger charge is 2.20. The predicted molar refractivity (Wildman–Crippen MR) is 160 cm³/mol. The Hall–Kier alpha value is -4.65. The minimum atomic E-state index is -0.733. The molecule has 2 aliphatic heterocycles. The molecule has 0 atom stereocenters. The number of unbranched alkanes of at least 4 members (excludes halogenated alkanes) is 4. The Bertz CT molecular complexity index is 1590. The zero-order valence-electron chi connectivity index (χ0n) is 23.1. The molecule has 0 radical (unpaired) electrons. The summed E-state index contributed by atoms with van der Waals surface area (Å²) in [6.45, 7) is 0.602. The summed E-state index contributed by atoms with van der Waals surface area (Å²) in [4.78, 5) is 32.6. The highest BCUT2D eigenvalue weighted by molar-refractivity contribution is 5.66. The number of hydrogen-bond donors (Lipinski definition) is 2. The quantitative estimate of drug-likeness (QED) is 0.151. The maximum Gasteiger partial charge on any atom is 0.303 e. The lowest BCUT2D eigenvalue weighted by atomic mass is 10.1. The molecule has 41 heavy (non-hydrogen) atoms. The van der Waals surface area contributed by atoms with Crippen molar-refractivity contribution in [1.29, 1.82) is 0 Å². The molecule has 0 aliphatic carbocycles. The van der Waals surface area contributed by atoms with Gasteiger partial charge in [0.05, 0.1) is 18.0 Å².